The van der Waals surface area contributed by atoms with Gasteiger partial charge in [-0.15, -0.1) is 0 Å². The van der Waals surface area contributed by atoms with Gasteiger partial charge in [-0.25, -0.2) is 4.79 Å². The number of aliphatic carboxylic acids is 1. The van der Waals surface area contributed by atoms with E-state index in [1.807, 2.05) is 66.7 Å². The van der Waals surface area contributed by atoms with Gasteiger partial charge < -0.3 is 10.8 Å². The van der Waals surface area contributed by atoms with Crippen LogP contribution in [0.4, 0.5) is 0 Å². The van der Waals surface area contributed by atoms with Gasteiger partial charge in [0.15, 0.2) is 0 Å². The molecule has 0 spiro atoms. The molecule has 6 nitrogen and oxygen atoms in total. The molecule has 4 atom stereocenters. The van der Waals surface area contributed by atoms with Crippen molar-refractivity contribution < 1.29 is 19.5 Å². The minimum atomic E-state index is -1.44. The number of carboxylic acid groups (broad SMARTS) is 1. The molecule has 1 amide bonds. The number of rotatable bonds is 8. The summed E-state index contributed by atoms with van der Waals surface area (Å²) >= 11 is 0. The van der Waals surface area contributed by atoms with Crippen LogP contribution in [0.1, 0.15) is 46.9 Å². The number of fused-ring (bicyclic) bond motifs is 1. The molecule has 6 heteroatoms. The highest BCUT2D eigenvalue weighted by atomic mass is 16.4. The van der Waals surface area contributed by atoms with Gasteiger partial charge in [0.05, 0.1) is 0 Å². The Bertz CT molecular complexity index is 1110. The molecule has 0 radical (unpaired) electrons. The lowest BCUT2D eigenvalue weighted by Gasteiger charge is -2.36. The number of primary amides is 1. The number of aromatic nitrogens is 1. The van der Waals surface area contributed by atoms with Crippen molar-refractivity contribution in [2.75, 3.05) is 0 Å². The molecule has 1 aromatic heterocycles. The summed E-state index contributed by atoms with van der Waals surface area (Å²) in [6, 6.07) is 21.1. The van der Waals surface area contributed by atoms with Crippen molar-refractivity contribution in [2.24, 2.45) is 17.6 Å². The van der Waals surface area contributed by atoms with Crippen molar-refractivity contribution in [1.29, 1.82) is 0 Å². The molecule has 1 heterocycles. The maximum absolute atomic E-state index is 12.9. The second-order valence-electron chi connectivity index (χ2n) is 8.54. The number of amides is 1. The standard InChI is InChI=1S/C27H26N2O4/c28-26(31)23(24(18-8-2-1-3-9-18)19-10-6-14-29-16-19)15-22-20-11-5-4-7-17(20)12-13-21(22)25(30)27(32)33/h1-11,14,16,21-24H,12-13,15H2,(H2,28,31)(H,32,33). The van der Waals surface area contributed by atoms with E-state index >= 15 is 0 Å². The first-order chi connectivity index (χ1) is 16.0. The first-order valence-corrected chi connectivity index (χ1v) is 11.1. The summed E-state index contributed by atoms with van der Waals surface area (Å²) in [6.07, 6.45) is 4.72. The summed E-state index contributed by atoms with van der Waals surface area (Å²) in [7, 11) is 0. The molecule has 0 saturated carbocycles. The summed E-state index contributed by atoms with van der Waals surface area (Å²) in [5.74, 6) is -4.88. The lowest BCUT2D eigenvalue weighted by atomic mass is 9.67. The number of nitrogens with two attached hydrogens (primary N) is 1. The van der Waals surface area contributed by atoms with Crippen molar-refractivity contribution in [3.8, 4) is 0 Å². The van der Waals surface area contributed by atoms with Crippen LogP contribution in [-0.4, -0.2) is 27.8 Å². The molecule has 33 heavy (non-hydrogen) atoms. The molecule has 3 N–H and O–H groups in total. The normalized spacial score (nSPS) is 19.2. The molecule has 0 fully saturated rings. The third kappa shape index (κ3) is 4.70. The van der Waals surface area contributed by atoms with Gasteiger partial charge in [0.1, 0.15) is 0 Å². The number of hydrogen-bond acceptors (Lipinski definition) is 4. The van der Waals surface area contributed by atoms with Crippen molar-refractivity contribution in [2.45, 2.75) is 31.1 Å². The van der Waals surface area contributed by atoms with Crippen molar-refractivity contribution in [3.63, 3.8) is 0 Å². The predicted octanol–water partition coefficient (Wildman–Crippen LogP) is 3.71. The second kappa shape index (κ2) is 9.77. The summed E-state index contributed by atoms with van der Waals surface area (Å²) in [4.78, 5) is 41.4. The number of pyridine rings is 1. The zero-order chi connectivity index (χ0) is 23.4. The van der Waals surface area contributed by atoms with Crippen LogP contribution in [0.15, 0.2) is 79.1 Å². The Balaban J connectivity index is 1.80. The molecular weight excluding hydrogens is 416 g/mol. The fourth-order valence-electron chi connectivity index (χ4n) is 5.18. The maximum Gasteiger partial charge on any atom is 0.372 e. The predicted molar refractivity (Wildman–Crippen MR) is 123 cm³/mol. The number of aryl methyl sites for hydroxylation is 1. The van der Waals surface area contributed by atoms with Gasteiger partial charge >= 0.3 is 5.97 Å². The molecule has 168 valence electrons. The van der Waals surface area contributed by atoms with E-state index in [4.69, 9.17) is 5.73 Å². The van der Waals surface area contributed by atoms with Crippen molar-refractivity contribution in [3.05, 3.63) is 101 Å². The largest absolute Gasteiger partial charge is 0.475 e. The zero-order valence-corrected chi connectivity index (χ0v) is 18.1. The molecule has 1 aliphatic carbocycles. The zero-order valence-electron chi connectivity index (χ0n) is 18.1. The molecule has 0 saturated heterocycles. The number of carboxylic acids is 1. The molecule has 3 aromatic rings. The summed E-state index contributed by atoms with van der Waals surface area (Å²) < 4.78 is 0. The number of carbonyl (C=O) groups excluding carboxylic acids is 2. The smallest absolute Gasteiger partial charge is 0.372 e. The quantitative estimate of drug-likeness (QED) is 0.517. The van der Waals surface area contributed by atoms with Crippen LogP contribution in [0.5, 0.6) is 0 Å². The Kier molecular flexibility index (Phi) is 6.63. The monoisotopic (exact) mass is 442 g/mol. The van der Waals surface area contributed by atoms with Gasteiger partial charge in [-0.1, -0.05) is 60.7 Å². The lowest BCUT2D eigenvalue weighted by molar-refractivity contribution is -0.151. The number of hydrogen-bond donors (Lipinski definition) is 2. The third-order valence-electron chi connectivity index (χ3n) is 6.69. The van der Waals surface area contributed by atoms with E-state index in [0.717, 1.165) is 22.3 Å². The highest BCUT2D eigenvalue weighted by Crippen LogP contribution is 2.44. The number of ketones is 1. The fraction of sp³-hybridized carbons (Fsp3) is 0.259. The van der Waals surface area contributed by atoms with Crippen molar-refractivity contribution in [1.82, 2.24) is 4.98 Å². The van der Waals surface area contributed by atoms with E-state index in [9.17, 15) is 19.5 Å². The number of carbonyl (C=O) groups is 3. The molecule has 1 aliphatic rings. The molecule has 0 bridgehead atoms. The van der Waals surface area contributed by atoms with Crippen LogP contribution in [0.3, 0.4) is 0 Å². The fourth-order valence-corrected chi connectivity index (χ4v) is 5.18. The SMILES string of the molecule is NC(=O)C(CC1c2ccccc2CCC1C(=O)C(=O)O)C(c1ccccc1)c1cccnc1. The molecular formula is C27H26N2O4. The minimum absolute atomic E-state index is 0.268. The Morgan fingerprint density at radius 3 is 2.33 bits per heavy atom. The van der Waals surface area contributed by atoms with E-state index in [1.54, 1.807) is 12.4 Å². The van der Waals surface area contributed by atoms with Crippen LogP contribution in [0, 0.1) is 11.8 Å². The first-order valence-electron chi connectivity index (χ1n) is 11.1. The highest BCUT2D eigenvalue weighted by molar-refractivity contribution is 6.33. The average molecular weight is 443 g/mol. The summed E-state index contributed by atoms with van der Waals surface area (Å²) in [5, 5.41) is 9.46. The van der Waals surface area contributed by atoms with E-state index < -0.39 is 35.4 Å². The van der Waals surface area contributed by atoms with Crippen molar-refractivity contribution >= 4 is 17.7 Å². The van der Waals surface area contributed by atoms with E-state index in [0.29, 0.717) is 12.8 Å². The second-order valence-corrected chi connectivity index (χ2v) is 8.54. The Morgan fingerprint density at radius 1 is 0.970 bits per heavy atom. The topological polar surface area (TPSA) is 110 Å². The van der Waals surface area contributed by atoms with Gasteiger partial charge in [-0.3, -0.25) is 14.6 Å². The van der Waals surface area contributed by atoms with Crippen LogP contribution >= 0.6 is 0 Å². The molecule has 4 unspecified atom stereocenters. The van der Waals surface area contributed by atoms with Gasteiger partial charge in [0.2, 0.25) is 11.7 Å². The van der Waals surface area contributed by atoms with Gasteiger partial charge in [0, 0.05) is 30.1 Å². The van der Waals surface area contributed by atoms with E-state index in [2.05, 4.69) is 4.98 Å². The van der Waals surface area contributed by atoms with Crippen LogP contribution in [0.25, 0.3) is 0 Å². The third-order valence-corrected chi connectivity index (χ3v) is 6.69. The molecule has 0 aliphatic heterocycles. The Hall–Kier alpha value is -3.80. The number of Topliss-reactive ketones (excluding diaryl/α,β-unsaturated/α-hetero) is 1. The van der Waals surface area contributed by atoms with E-state index in [-0.39, 0.29) is 12.3 Å². The van der Waals surface area contributed by atoms with Crippen LogP contribution in [0.2, 0.25) is 0 Å². The van der Waals surface area contributed by atoms with Gasteiger partial charge in [0.25, 0.3) is 0 Å². The minimum Gasteiger partial charge on any atom is -0.475 e. The lowest BCUT2D eigenvalue weighted by Crippen LogP contribution is -2.37. The Morgan fingerprint density at radius 2 is 1.67 bits per heavy atom. The summed E-state index contributed by atoms with van der Waals surface area (Å²) in [6.45, 7) is 0. The highest BCUT2D eigenvalue weighted by Gasteiger charge is 2.41. The number of benzene rings is 2. The number of nitrogens with zero attached hydrogens (tertiary/aromatic N) is 1. The van der Waals surface area contributed by atoms with Gasteiger partial charge in [-0.2, -0.15) is 0 Å². The first kappa shape index (κ1) is 22.4. The van der Waals surface area contributed by atoms with E-state index in [1.165, 1.54) is 0 Å². The molecule has 4 rings (SSSR count). The summed E-state index contributed by atoms with van der Waals surface area (Å²) in [5.41, 5.74) is 9.74. The van der Waals surface area contributed by atoms with Gasteiger partial charge in [-0.05, 0) is 53.5 Å². The average Bonchev–Trinajstić information content (AvgIpc) is 2.84. The molecule has 2 aromatic carbocycles. The Labute approximate surface area is 192 Å². The maximum atomic E-state index is 12.9. The van der Waals surface area contributed by atoms with Crippen LogP contribution in [-0.2, 0) is 20.8 Å². The van der Waals surface area contributed by atoms with Crippen LogP contribution < -0.4 is 5.73 Å².